The fraction of sp³-hybridized carbons (Fsp3) is 0.385. The summed E-state index contributed by atoms with van der Waals surface area (Å²) in [5.74, 6) is 1.45. The van der Waals surface area contributed by atoms with Gasteiger partial charge in [0.15, 0.2) is 0 Å². The fourth-order valence-corrected chi connectivity index (χ4v) is 2.97. The molecule has 0 saturated carbocycles. The zero-order chi connectivity index (χ0) is 15.1. The van der Waals surface area contributed by atoms with Crippen LogP contribution in [0.15, 0.2) is 31.6 Å². The van der Waals surface area contributed by atoms with Crippen molar-refractivity contribution in [2.24, 2.45) is 0 Å². The van der Waals surface area contributed by atoms with Gasteiger partial charge in [0.05, 0.1) is 15.6 Å². The molecule has 0 fully saturated rings. The van der Waals surface area contributed by atoms with Gasteiger partial charge in [-0.25, -0.2) is 0 Å². The topological polar surface area (TPSA) is 18.5 Å². The highest BCUT2D eigenvalue weighted by molar-refractivity contribution is 9.11. The molecule has 0 radical (unpaired) electrons. The summed E-state index contributed by atoms with van der Waals surface area (Å²) >= 11 is 21.5. The summed E-state index contributed by atoms with van der Waals surface area (Å²) in [5, 5.41) is 0. The van der Waals surface area contributed by atoms with Gasteiger partial charge in [0.1, 0.15) is 22.6 Å². The van der Waals surface area contributed by atoms with Gasteiger partial charge in [-0.05, 0) is 56.5 Å². The highest BCUT2D eigenvalue weighted by Crippen LogP contribution is 2.37. The number of benzene rings is 1. The summed E-state index contributed by atoms with van der Waals surface area (Å²) in [7, 11) is 0. The summed E-state index contributed by atoms with van der Waals surface area (Å²) in [4.78, 5) is 0.426. The predicted molar refractivity (Wildman–Crippen MR) is 95.6 cm³/mol. The molecule has 0 spiro atoms. The Labute approximate surface area is 154 Å². The van der Waals surface area contributed by atoms with E-state index in [4.69, 9.17) is 32.7 Å². The van der Waals surface area contributed by atoms with Crippen LogP contribution in [0.25, 0.3) is 0 Å². The van der Waals surface area contributed by atoms with Gasteiger partial charge in [0, 0.05) is 4.83 Å². The van der Waals surface area contributed by atoms with Crippen LogP contribution in [0.4, 0.5) is 0 Å². The number of alkyl halides is 1. The molecule has 0 amide bonds. The molecule has 0 aliphatic heterocycles. The summed E-state index contributed by atoms with van der Waals surface area (Å²) in [5.41, 5.74) is 0. The van der Waals surface area contributed by atoms with Crippen LogP contribution in [0.1, 0.15) is 13.3 Å². The van der Waals surface area contributed by atoms with Gasteiger partial charge in [0.2, 0.25) is 0 Å². The second kappa shape index (κ2) is 9.57. The van der Waals surface area contributed by atoms with E-state index in [-0.39, 0.29) is 4.49 Å². The largest absolute Gasteiger partial charge is 0.491 e. The third kappa shape index (κ3) is 7.03. The van der Waals surface area contributed by atoms with Crippen LogP contribution in [0.5, 0.6) is 11.5 Å². The van der Waals surface area contributed by atoms with Gasteiger partial charge < -0.3 is 9.47 Å². The number of rotatable bonds is 7. The Balaban J connectivity index is 2.68. The van der Waals surface area contributed by atoms with Crippen molar-refractivity contribution < 1.29 is 9.47 Å². The zero-order valence-corrected chi connectivity index (χ0v) is 16.9. The van der Waals surface area contributed by atoms with Crippen molar-refractivity contribution in [3.63, 3.8) is 0 Å². The molecule has 0 aliphatic carbocycles. The first-order chi connectivity index (χ1) is 9.40. The van der Waals surface area contributed by atoms with Crippen molar-refractivity contribution in [3.8, 4) is 11.5 Å². The van der Waals surface area contributed by atoms with Crippen LogP contribution < -0.4 is 9.47 Å². The summed E-state index contributed by atoms with van der Waals surface area (Å²) in [6.45, 7) is 3.02. The minimum atomic E-state index is 0.187. The van der Waals surface area contributed by atoms with Crippen LogP contribution in [0.2, 0.25) is 0 Å². The molecule has 0 bridgehead atoms. The molecule has 0 aromatic heterocycles. The lowest BCUT2D eigenvalue weighted by molar-refractivity contribution is 0.306. The van der Waals surface area contributed by atoms with Crippen molar-refractivity contribution >= 4 is 71.0 Å². The Morgan fingerprint density at radius 2 is 1.85 bits per heavy atom. The third-order valence-electron chi connectivity index (χ3n) is 2.22. The molecule has 2 nitrogen and oxygen atoms in total. The van der Waals surface area contributed by atoms with E-state index in [0.29, 0.717) is 23.8 Å². The maximum atomic E-state index is 5.74. The maximum absolute atomic E-state index is 5.74. The Bertz CT molecular complexity index is 452. The van der Waals surface area contributed by atoms with Crippen molar-refractivity contribution in [3.05, 3.63) is 31.6 Å². The lowest BCUT2D eigenvalue weighted by Gasteiger charge is -2.13. The van der Waals surface area contributed by atoms with E-state index < -0.39 is 0 Å². The zero-order valence-electron chi connectivity index (χ0n) is 10.6. The predicted octanol–water partition coefficient (Wildman–Crippen LogP) is 6.46. The van der Waals surface area contributed by atoms with Gasteiger partial charge in [-0.15, -0.1) is 0 Å². The van der Waals surface area contributed by atoms with Gasteiger partial charge in [0.25, 0.3) is 0 Å². The van der Waals surface area contributed by atoms with Crippen molar-refractivity contribution in [2.75, 3.05) is 13.2 Å². The quantitative estimate of drug-likeness (QED) is 0.391. The van der Waals surface area contributed by atoms with E-state index in [2.05, 4.69) is 54.7 Å². The van der Waals surface area contributed by atoms with Crippen LogP contribution in [-0.2, 0) is 0 Å². The van der Waals surface area contributed by atoms with Gasteiger partial charge >= 0.3 is 0 Å². The average molecular weight is 512 g/mol. The molecule has 1 atom stereocenters. The molecule has 0 saturated heterocycles. The monoisotopic (exact) mass is 508 g/mol. The summed E-state index contributed by atoms with van der Waals surface area (Å²) < 4.78 is 13.1. The Kier molecular flexibility index (Phi) is 8.91. The molecule has 0 aliphatic rings. The Morgan fingerprint density at radius 1 is 1.25 bits per heavy atom. The van der Waals surface area contributed by atoms with E-state index in [0.717, 1.165) is 21.1 Å². The first-order valence-corrected chi connectivity index (χ1v) is 9.05. The number of ether oxygens (including phenoxy) is 2. The SMILES string of the molecule is CC(Br)CCOc1c(Br)cc(OCC=C(Cl)Cl)cc1Br. The Hall–Kier alpha value is 0.580. The molecular formula is C13H13Br3Cl2O2. The van der Waals surface area contributed by atoms with Crippen LogP contribution >= 0.6 is 71.0 Å². The summed E-state index contributed by atoms with van der Waals surface area (Å²) in [6, 6.07) is 3.68. The van der Waals surface area contributed by atoms with E-state index >= 15 is 0 Å². The van der Waals surface area contributed by atoms with Crippen molar-refractivity contribution in [1.82, 2.24) is 0 Å². The minimum Gasteiger partial charge on any atom is -0.491 e. The van der Waals surface area contributed by atoms with E-state index in [1.807, 2.05) is 12.1 Å². The molecule has 1 aromatic carbocycles. The second-order valence-electron chi connectivity index (χ2n) is 3.94. The fourth-order valence-electron chi connectivity index (χ4n) is 1.28. The molecule has 0 N–H and O–H groups in total. The van der Waals surface area contributed by atoms with Crippen molar-refractivity contribution in [2.45, 2.75) is 18.2 Å². The lowest BCUT2D eigenvalue weighted by Crippen LogP contribution is -2.04. The standard InChI is InChI=1S/C13H13Br3Cl2O2/c1-8(14)2-4-20-13-10(15)6-9(7-11(13)16)19-5-3-12(17)18/h3,6-8H,2,4-5H2,1H3. The van der Waals surface area contributed by atoms with E-state index in [1.165, 1.54) is 0 Å². The van der Waals surface area contributed by atoms with Gasteiger partial charge in [-0.1, -0.05) is 46.1 Å². The van der Waals surface area contributed by atoms with Gasteiger partial charge in [-0.2, -0.15) is 0 Å². The molecular weight excluding hydrogens is 499 g/mol. The van der Waals surface area contributed by atoms with E-state index in [1.54, 1.807) is 6.08 Å². The third-order valence-corrected chi connectivity index (χ3v) is 4.17. The van der Waals surface area contributed by atoms with Crippen molar-refractivity contribution in [1.29, 1.82) is 0 Å². The normalized spacial score (nSPS) is 11.9. The molecule has 1 rings (SSSR count). The number of hydrogen-bond donors (Lipinski definition) is 0. The van der Waals surface area contributed by atoms with E-state index in [9.17, 15) is 0 Å². The lowest BCUT2D eigenvalue weighted by atomic mass is 10.3. The van der Waals surface area contributed by atoms with Gasteiger partial charge in [-0.3, -0.25) is 0 Å². The van der Waals surface area contributed by atoms with Crippen LogP contribution in [-0.4, -0.2) is 18.0 Å². The maximum Gasteiger partial charge on any atom is 0.147 e. The molecule has 7 heteroatoms. The minimum absolute atomic E-state index is 0.187. The second-order valence-corrected chi connectivity index (χ2v) is 8.22. The highest BCUT2D eigenvalue weighted by Gasteiger charge is 2.10. The highest BCUT2D eigenvalue weighted by atomic mass is 79.9. The molecule has 1 aromatic rings. The summed E-state index contributed by atoms with van der Waals surface area (Å²) in [6.07, 6.45) is 2.50. The smallest absolute Gasteiger partial charge is 0.147 e. The number of halogens is 5. The first-order valence-electron chi connectivity index (χ1n) is 5.80. The molecule has 20 heavy (non-hydrogen) atoms. The number of hydrogen-bond acceptors (Lipinski definition) is 2. The molecule has 112 valence electrons. The molecule has 0 heterocycles. The molecule has 1 unspecified atom stereocenters. The Morgan fingerprint density at radius 3 is 2.35 bits per heavy atom. The first kappa shape index (κ1) is 18.6. The van der Waals surface area contributed by atoms with Crippen LogP contribution in [0, 0.1) is 0 Å². The van der Waals surface area contributed by atoms with Crippen LogP contribution in [0.3, 0.4) is 0 Å². The average Bonchev–Trinajstić information content (AvgIpc) is 2.32.